The second kappa shape index (κ2) is 6.39. The number of hydrogen-bond acceptors (Lipinski definition) is 4. The molecule has 3 rings (SSSR count). The zero-order chi connectivity index (χ0) is 15.5. The number of thiophene rings is 1. The SMILES string of the molecule is O=C(NC[C@H](O)c1ccco1)Nc1sc2ccccc2c1Cl. The standard InChI is InChI=1S/C15H13ClN2O3S/c16-13-9-4-1-2-6-12(9)22-14(13)18-15(20)17-8-10(19)11-5-3-7-21-11/h1-7,10,19H,8H2,(H2,17,18,20)/t10-/m0/s1. The van der Waals surface area contributed by atoms with Gasteiger partial charge in [-0.3, -0.25) is 5.32 Å². The van der Waals surface area contributed by atoms with Crippen molar-refractivity contribution >= 4 is 44.1 Å². The van der Waals surface area contributed by atoms with E-state index in [1.54, 1.807) is 12.1 Å². The molecule has 1 aromatic carbocycles. The number of rotatable bonds is 4. The molecule has 0 radical (unpaired) electrons. The van der Waals surface area contributed by atoms with Crippen molar-refractivity contribution in [1.29, 1.82) is 0 Å². The molecule has 2 heterocycles. The van der Waals surface area contributed by atoms with Crippen molar-refractivity contribution in [3.05, 3.63) is 53.4 Å². The molecule has 0 spiro atoms. The van der Waals surface area contributed by atoms with Crippen molar-refractivity contribution in [1.82, 2.24) is 5.32 Å². The van der Waals surface area contributed by atoms with Gasteiger partial charge in [0.25, 0.3) is 0 Å². The van der Waals surface area contributed by atoms with E-state index in [2.05, 4.69) is 10.6 Å². The zero-order valence-corrected chi connectivity index (χ0v) is 12.9. The molecule has 3 N–H and O–H groups in total. The first-order chi connectivity index (χ1) is 10.6. The zero-order valence-electron chi connectivity index (χ0n) is 11.4. The summed E-state index contributed by atoms with van der Waals surface area (Å²) >= 11 is 7.65. The maximum absolute atomic E-state index is 11.9. The number of fused-ring (bicyclic) bond motifs is 1. The van der Waals surface area contributed by atoms with Gasteiger partial charge in [0, 0.05) is 10.1 Å². The van der Waals surface area contributed by atoms with Gasteiger partial charge >= 0.3 is 6.03 Å². The van der Waals surface area contributed by atoms with Crippen LogP contribution >= 0.6 is 22.9 Å². The molecular formula is C15H13ClN2O3S. The number of aliphatic hydroxyl groups is 1. The fourth-order valence-corrected chi connectivity index (χ4v) is 3.39. The van der Waals surface area contributed by atoms with Gasteiger partial charge in [0.15, 0.2) is 0 Å². The van der Waals surface area contributed by atoms with Crippen molar-refractivity contribution < 1.29 is 14.3 Å². The first kappa shape index (κ1) is 14.9. The highest BCUT2D eigenvalue weighted by molar-refractivity contribution is 7.23. The summed E-state index contributed by atoms with van der Waals surface area (Å²) in [4.78, 5) is 11.9. The fourth-order valence-electron chi connectivity index (χ4n) is 2.01. The summed E-state index contributed by atoms with van der Waals surface area (Å²) in [5.41, 5.74) is 0. The van der Waals surface area contributed by atoms with Crippen LogP contribution in [0.25, 0.3) is 10.1 Å². The molecule has 5 nitrogen and oxygen atoms in total. The number of benzene rings is 1. The molecule has 114 valence electrons. The van der Waals surface area contributed by atoms with Crippen LogP contribution in [-0.2, 0) is 0 Å². The Bertz CT molecular complexity index is 785. The Morgan fingerprint density at radius 1 is 1.32 bits per heavy atom. The summed E-state index contributed by atoms with van der Waals surface area (Å²) in [6, 6.07) is 10.5. The Hall–Kier alpha value is -2.02. The van der Waals surface area contributed by atoms with Crippen LogP contribution < -0.4 is 10.6 Å². The highest BCUT2D eigenvalue weighted by atomic mass is 35.5. The van der Waals surface area contributed by atoms with Crippen LogP contribution in [-0.4, -0.2) is 17.7 Å². The van der Waals surface area contributed by atoms with Gasteiger partial charge in [-0.25, -0.2) is 4.79 Å². The monoisotopic (exact) mass is 336 g/mol. The van der Waals surface area contributed by atoms with E-state index >= 15 is 0 Å². The maximum atomic E-state index is 11.9. The molecule has 0 aliphatic heterocycles. The number of nitrogens with one attached hydrogen (secondary N) is 2. The van der Waals surface area contributed by atoms with Crippen molar-refractivity contribution in [2.45, 2.75) is 6.10 Å². The van der Waals surface area contributed by atoms with Crippen LogP contribution in [0.2, 0.25) is 5.02 Å². The van der Waals surface area contributed by atoms with Crippen LogP contribution in [0.4, 0.5) is 9.80 Å². The molecule has 0 fully saturated rings. The number of amides is 2. The second-order valence-corrected chi connectivity index (χ2v) is 6.04. The minimum atomic E-state index is -0.890. The molecule has 2 amide bonds. The molecule has 0 aliphatic carbocycles. The molecule has 1 atom stereocenters. The molecule has 0 aliphatic rings. The molecule has 3 aromatic rings. The van der Waals surface area contributed by atoms with Gasteiger partial charge in [0.05, 0.1) is 17.8 Å². The highest BCUT2D eigenvalue weighted by Gasteiger charge is 2.15. The van der Waals surface area contributed by atoms with E-state index in [0.29, 0.717) is 15.8 Å². The normalized spacial score (nSPS) is 12.3. The van der Waals surface area contributed by atoms with Crippen molar-refractivity contribution in [3.63, 3.8) is 0 Å². The third-order valence-corrected chi connectivity index (χ3v) is 4.68. The number of carbonyl (C=O) groups excluding carboxylic acids is 1. The summed E-state index contributed by atoms with van der Waals surface area (Å²) in [7, 11) is 0. The van der Waals surface area contributed by atoms with Crippen LogP contribution in [0.1, 0.15) is 11.9 Å². The number of furan rings is 1. The lowest BCUT2D eigenvalue weighted by Gasteiger charge is -2.10. The lowest BCUT2D eigenvalue weighted by atomic mass is 10.3. The van der Waals surface area contributed by atoms with Crippen LogP contribution in [0.15, 0.2) is 47.1 Å². The number of carbonyl (C=O) groups is 1. The summed E-state index contributed by atoms with van der Waals surface area (Å²) < 4.78 is 6.06. The molecule has 0 unspecified atom stereocenters. The van der Waals surface area contributed by atoms with Gasteiger partial charge in [-0.15, -0.1) is 11.3 Å². The van der Waals surface area contributed by atoms with Crippen LogP contribution in [0.3, 0.4) is 0 Å². The first-order valence-electron chi connectivity index (χ1n) is 6.58. The number of urea groups is 1. The van der Waals surface area contributed by atoms with Gasteiger partial charge in [-0.05, 0) is 18.2 Å². The van der Waals surface area contributed by atoms with Crippen LogP contribution in [0.5, 0.6) is 0 Å². The van der Waals surface area contributed by atoms with E-state index in [9.17, 15) is 9.90 Å². The topological polar surface area (TPSA) is 74.5 Å². The first-order valence-corrected chi connectivity index (χ1v) is 7.78. The number of aliphatic hydroxyl groups excluding tert-OH is 1. The van der Waals surface area contributed by atoms with E-state index < -0.39 is 12.1 Å². The van der Waals surface area contributed by atoms with E-state index in [1.165, 1.54) is 17.6 Å². The molecular weight excluding hydrogens is 324 g/mol. The van der Waals surface area contributed by atoms with E-state index in [4.69, 9.17) is 16.0 Å². The smallest absolute Gasteiger partial charge is 0.319 e. The van der Waals surface area contributed by atoms with Gasteiger partial charge in [0.1, 0.15) is 16.9 Å². The van der Waals surface area contributed by atoms with Gasteiger partial charge in [-0.2, -0.15) is 0 Å². The Kier molecular flexibility index (Phi) is 4.33. The summed E-state index contributed by atoms with van der Waals surface area (Å²) in [5.74, 6) is 0.403. The predicted octanol–water partition coefficient (Wildman–Crippen LogP) is 4.00. The number of anilines is 1. The van der Waals surface area contributed by atoms with E-state index in [0.717, 1.165) is 10.1 Å². The van der Waals surface area contributed by atoms with E-state index in [1.807, 2.05) is 24.3 Å². The summed E-state index contributed by atoms with van der Waals surface area (Å²) in [6.07, 6.45) is 0.578. The summed E-state index contributed by atoms with van der Waals surface area (Å²) in [5, 5.41) is 17.1. The van der Waals surface area contributed by atoms with Crippen molar-refractivity contribution in [2.75, 3.05) is 11.9 Å². The Morgan fingerprint density at radius 2 is 2.14 bits per heavy atom. The highest BCUT2D eigenvalue weighted by Crippen LogP contribution is 2.39. The summed E-state index contributed by atoms with van der Waals surface area (Å²) in [6.45, 7) is 0.0435. The molecule has 2 aromatic heterocycles. The van der Waals surface area contributed by atoms with Crippen molar-refractivity contribution in [3.8, 4) is 0 Å². The van der Waals surface area contributed by atoms with Crippen molar-refractivity contribution in [2.24, 2.45) is 0 Å². The quantitative estimate of drug-likeness (QED) is 0.674. The second-order valence-electron chi connectivity index (χ2n) is 4.61. The molecule has 0 saturated heterocycles. The minimum Gasteiger partial charge on any atom is -0.467 e. The van der Waals surface area contributed by atoms with E-state index in [-0.39, 0.29) is 6.54 Å². The van der Waals surface area contributed by atoms with Gasteiger partial charge in [-0.1, -0.05) is 29.8 Å². The molecule has 0 bridgehead atoms. The lowest BCUT2D eigenvalue weighted by Crippen LogP contribution is -2.32. The third kappa shape index (κ3) is 3.09. The predicted molar refractivity (Wildman–Crippen MR) is 87.5 cm³/mol. The average Bonchev–Trinajstić information content (AvgIpc) is 3.15. The Labute approximate surface area is 135 Å². The maximum Gasteiger partial charge on any atom is 0.319 e. The van der Waals surface area contributed by atoms with Crippen LogP contribution in [0, 0.1) is 0 Å². The van der Waals surface area contributed by atoms with Gasteiger partial charge in [0.2, 0.25) is 0 Å². The Balaban J connectivity index is 1.62. The molecule has 22 heavy (non-hydrogen) atoms. The third-order valence-electron chi connectivity index (χ3n) is 3.09. The largest absolute Gasteiger partial charge is 0.467 e. The molecule has 0 saturated carbocycles. The van der Waals surface area contributed by atoms with Gasteiger partial charge < -0.3 is 14.8 Å². The number of halogens is 1. The minimum absolute atomic E-state index is 0.0435. The molecule has 7 heteroatoms. The fraction of sp³-hybridized carbons (Fsp3) is 0.133. The number of hydrogen-bond donors (Lipinski definition) is 3. The lowest BCUT2D eigenvalue weighted by molar-refractivity contribution is 0.149. The Morgan fingerprint density at radius 3 is 2.86 bits per heavy atom. The average molecular weight is 337 g/mol.